The van der Waals surface area contributed by atoms with Crippen molar-refractivity contribution in [3.8, 4) is 0 Å². The van der Waals surface area contributed by atoms with E-state index in [1.54, 1.807) is 19.2 Å². The van der Waals surface area contributed by atoms with Gasteiger partial charge in [-0.2, -0.15) is 5.10 Å². The third kappa shape index (κ3) is 0.993. The number of aromatic nitrogens is 2. The van der Waals surface area contributed by atoms with Crippen molar-refractivity contribution in [2.75, 3.05) is 0 Å². The molecule has 0 aliphatic rings. The van der Waals surface area contributed by atoms with Crippen molar-refractivity contribution in [1.82, 2.24) is 10.2 Å². The van der Waals surface area contributed by atoms with Crippen molar-refractivity contribution in [2.45, 2.75) is 6.92 Å². The van der Waals surface area contributed by atoms with Gasteiger partial charge in [0.25, 0.3) is 0 Å². The van der Waals surface area contributed by atoms with Crippen LogP contribution in [0.1, 0.15) is 17.3 Å². The minimum atomic E-state index is 0.0755. The molecule has 60 valence electrons. The van der Waals surface area contributed by atoms with Gasteiger partial charge in [0.1, 0.15) is 0 Å². The summed E-state index contributed by atoms with van der Waals surface area (Å²) in [5, 5.41) is 7.71. The first-order valence-corrected chi connectivity index (χ1v) is 3.71. The Morgan fingerprint density at radius 2 is 2.33 bits per heavy atom. The Morgan fingerprint density at radius 1 is 1.50 bits per heavy atom. The zero-order valence-corrected chi connectivity index (χ0v) is 6.66. The summed E-state index contributed by atoms with van der Waals surface area (Å²) < 4.78 is 0. The van der Waals surface area contributed by atoms with Crippen LogP contribution in [0.15, 0.2) is 24.4 Å². The van der Waals surface area contributed by atoms with Crippen LogP contribution in [0, 0.1) is 0 Å². The lowest BCUT2D eigenvalue weighted by atomic mass is 10.1. The maximum absolute atomic E-state index is 11.0. The zero-order chi connectivity index (χ0) is 8.55. The molecule has 1 heterocycles. The number of benzene rings is 1. The molecule has 0 spiro atoms. The van der Waals surface area contributed by atoms with Crippen LogP contribution in [-0.2, 0) is 0 Å². The molecule has 3 heteroatoms. The van der Waals surface area contributed by atoms with Crippen molar-refractivity contribution in [1.29, 1.82) is 0 Å². The highest BCUT2D eigenvalue weighted by Crippen LogP contribution is 2.12. The van der Waals surface area contributed by atoms with E-state index in [-0.39, 0.29) is 5.78 Å². The number of aromatic amines is 1. The summed E-state index contributed by atoms with van der Waals surface area (Å²) in [5.41, 5.74) is 1.62. The van der Waals surface area contributed by atoms with Gasteiger partial charge in [-0.3, -0.25) is 9.89 Å². The first-order chi connectivity index (χ1) is 5.77. The highest BCUT2D eigenvalue weighted by Gasteiger charge is 2.00. The Balaban J connectivity index is 2.68. The van der Waals surface area contributed by atoms with Crippen LogP contribution in [0.25, 0.3) is 10.9 Å². The molecule has 1 aromatic heterocycles. The van der Waals surface area contributed by atoms with E-state index in [1.807, 2.05) is 12.1 Å². The molecule has 3 nitrogen and oxygen atoms in total. The van der Waals surface area contributed by atoms with E-state index >= 15 is 0 Å². The monoisotopic (exact) mass is 160 g/mol. The fourth-order valence-corrected chi connectivity index (χ4v) is 1.16. The van der Waals surface area contributed by atoms with Crippen molar-refractivity contribution < 1.29 is 4.79 Å². The van der Waals surface area contributed by atoms with E-state index in [9.17, 15) is 4.79 Å². The van der Waals surface area contributed by atoms with Gasteiger partial charge in [0.05, 0.1) is 11.7 Å². The molecule has 0 amide bonds. The van der Waals surface area contributed by atoms with Crippen molar-refractivity contribution in [3.63, 3.8) is 0 Å². The summed E-state index contributed by atoms with van der Waals surface area (Å²) in [6.45, 7) is 1.55. The Bertz CT molecular complexity index is 431. The smallest absolute Gasteiger partial charge is 0.159 e. The normalized spacial score (nSPS) is 10.4. The quantitative estimate of drug-likeness (QED) is 0.646. The van der Waals surface area contributed by atoms with Crippen LogP contribution < -0.4 is 0 Å². The van der Waals surface area contributed by atoms with Gasteiger partial charge in [0.15, 0.2) is 5.78 Å². The van der Waals surface area contributed by atoms with Gasteiger partial charge < -0.3 is 0 Å². The number of fused-ring (bicyclic) bond motifs is 1. The minimum absolute atomic E-state index is 0.0755. The van der Waals surface area contributed by atoms with Gasteiger partial charge in [-0.1, -0.05) is 12.1 Å². The average Bonchev–Trinajstić information content (AvgIpc) is 2.49. The van der Waals surface area contributed by atoms with Gasteiger partial charge in [-0.25, -0.2) is 0 Å². The fraction of sp³-hybridized carbons (Fsp3) is 0.111. The SMILES string of the molecule is CC(=O)c1ccc2cn[nH]c2c1. The van der Waals surface area contributed by atoms with Gasteiger partial charge in [-0.15, -0.1) is 0 Å². The number of hydrogen-bond donors (Lipinski definition) is 1. The number of carbonyl (C=O) groups excluding carboxylic acids is 1. The fourth-order valence-electron chi connectivity index (χ4n) is 1.16. The molecule has 2 rings (SSSR count). The molecule has 0 aliphatic carbocycles. The predicted molar refractivity (Wildman–Crippen MR) is 46.1 cm³/mol. The summed E-state index contributed by atoms with van der Waals surface area (Å²) in [6, 6.07) is 5.50. The molecule has 0 unspecified atom stereocenters. The Kier molecular flexibility index (Phi) is 1.43. The highest BCUT2D eigenvalue weighted by atomic mass is 16.1. The summed E-state index contributed by atoms with van der Waals surface area (Å²) in [6.07, 6.45) is 1.74. The number of hydrogen-bond acceptors (Lipinski definition) is 2. The molecule has 2 aromatic rings. The molecule has 12 heavy (non-hydrogen) atoms. The second-order valence-corrected chi connectivity index (χ2v) is 2.73. The number of nitrogens with one attached hydrogen (secondary N) is 1. The van der Waals surface area contributed by atoms with Crippen LogP contribution in [0.3, 0.4) is 0 Å². The van der Waals surface area contributed by atoms with Crippen LogP contribution in [0.5, 0.6) is 0 Å². The van der Waals surface area contributed by atoms with Crippen LogP contribution in [-0.4, -0.2) is 16.0 Å². The molecule has 0 radical (unpaired) electrons. The van der Waals surface area contributed by atoms with E-state index in [0.29, 0.717) is 5.56 Å². The zero-order valence-electron chi connectivity index (χ0n) is 6.66. The van der Waals surface area contributed by atoms with Gasteiger partial charge in [0, 0.05) is 10.9 Å². The molecular weight excluding hydrogens is 152 g/mol. The number of carbonyl (C=O) groups is 1. The van der Waals surface area contributed by atoms with Gasteiger partial charge in [0.2, 0.25) is 0 Å². The minimum Gasteiger partial charge on any atom is -0.295 e. The number of ketones is 1. The number of nitrogens with zero attached hydrogens (tertiary/aromatic N) is 1. The maximum Gasteiger partial charge on any atom is 0.159 e. The lowest BCUT2D eigenvalue weighted by Crippen LogP contribution is -1.90. The lowest BCUT2D eigenvalue weighted by molar-refractivity contribution is 0.101. The summed E-state index contributed by atoms with van der Waals surface area (Å²) in [7, 11) is 0. The second kappa shape index (κ2) is 2.44. The predicted octanol–water partition coefficient (Wildman–Crippen LogP) is 1.77. The summed E-state index contributed by atoms with van der Waals surface area (Å²) >= 11 is 0. The maximum atomic E-state index is 11.0. The van der Waals surface area contributed by atoms with Crippen molar-refractivity contribution >= 4 is 16.7 Å². The molecule has 0 aliphatic heterocycles. The largest absolute Gasteiger partial charge is 0.295 e. The molecule has 0 bridgehead atoms. The van der Waals surface area contributed by atoms with Gasteiger partial charge >= 0.3 is 0 Å². The van der Waals surface area contributed by atoms with E-state index in [4.69, 9.17) is 0 Å². The number of H-pyrrole nitrogens is 1. The van der Waals surface area contributed by atoms with E-state index in [2.05, 4.69) is 10.2 Å². The topological polar surface area (TPSA) is 45.8 Å². The molecule has 1 N–H and O–H groups in total. The van der Waals surface area contributed by atoms with Crippen molar-refractivity contribution in [2.24, 2.45) is 0 Å². The summed E-state index contributed by atoms with van der Waals surface area (Å²) in [5.74, 6) is 0.0755. The van der Waals surface area contributed by atoms with Crippen LogP contribution in [0.4, 0.5) is 0 Å². The summed E-state index contributed by atoms with van der Waals surface area (Å²) in [4.78, 5) is 11.0. The number of Topliss-reactive ketones (excluding diaryl/α,β-unsaturated/α-hetero) is 1. The second-order valence-electron chi connectivity index (χ2n) is 2.73. The Morgan fingerprint density at radius 3 is 3.08 bits per heavy atom. The van der Waals surface area contributed by atoms with Gasteiger partial charge in [-0.05, 0) is 13.0 Å². The van der Waals surface area contributed by atoms with E-state index in [1.165, 1.54) is 0 Å². The molecular formula is C9H8N2O. The Hall–Kier alpha value is -1.64. The first-order valence-electron chi connectivity index (χ1n) is 3.71. The third-order valence-corrected chi connectivity index (χ3v) is 1.85. The first kappa shape index (κ1) is 7.03. The van der Waals surface area contributed by atoms with Crippen molar-refractivity contribution in [3.05, 3.63) is 30.0 Å². The Labute approximate surface area is 69.4 Å². The molecule has 1 aromatic carbocycles. The standard InChI is InChI=1S/C9H8N2O/c1-6(12)7-2-3-8-5-10-11-9(8)4-7/h2-5H,1H3,(H,10,11). The van der Waals surface area contributed by atoms with E-state index in [0.717, 1.165) is 10.9 Å². The highest BCUT2D eigenvalue weighted by molar-refractivity contribution is 5.97. The molecule has 0 atom stereocenters. The lowest BCUT2D eigenvalue weighted by Gasteiger charge is -1.93. The molecule has 0 saturated carbocycles. The van der Waals surface area contributed by atoms with E-state index < -0.39 is 0 Å². The van der Waals surface area contributed by atoms with Crippen LogP contribution >= 0.6 is 0 Å². The van der Waals surface area contributed by atoms with Crippen LogP contribution in [0.2, 0.25) is 0 Å². The third-order valence-electron chi connectivity index (χ3n) is 1.85. The molecule has 0 fully saturated rings. The molecule has 0 saturated heterocycles. The number of rotatable bonds is 1. The average molecular weight is 160 g/mol.